The lowest BCUT2D eigenvalue weighted by Gasteiger charge is -2.25. The molecule has 3 rings (SSSR count). The van der Waals surface area contributed by atoms with Crippen LogP contribution in [0.3, 0.4) is 0 Å². The van der Waals surface area contributed by atoms with E-state index in [0.717, 1.165) is 30.9 Å². The zero-order valence-electron chi connectivity index (χ0n) is 24.9. The van der Waals surface area contributed by atoms with E-state index in [2.05, 4.69) is 28.6 Å². The van der Waals surface area contributed by atoms with Crippen molar-refractivity contribution < 1.29 is 23.5 Å². The molecular weight excluding hydrogens is 538 g/mol. The highest BCUT2D eigenvalue weighted by Crippen LogP contribution is 2.15. The number of hydrogen-bond acceptors (Lipinski definition) is 5. The maximum atomic E-state index is 14.0. The highest BCUT2D eigenvalue weighted by molar-refractivity contribution is 5.98. The lowest BCUT2D eigenvalue weighted by atomic mass is 10.00. The van der Waals surface area contributed by atoms with E-state index >= 15 is 0 Å². The molecule has 3 N–H and O–H groups in total. The van der Waals surface area contributed by atoms with Crippen LogP contribution in [0.1, 0.15) is 76.8 Å². The number of pyridine rings is 1. The summed E-state index contributed by atoms with van der Waals surface area (Å²) in [7, 11) is 0. The summed E-state index contributed by atoms with van der Waals surface area (Å²) in [6.07, 6.45) is 1.41. The molecule has 3 aromatic rings. The average molecular weight is 581 g/mol. The minimum Gasteiger partial charge on any atom is -0.390 e. The molecule has 0 unspecified atom stereocenters. The molecule has 2 aromatic carbocycles. The van der Waals surface area contributed by atoms with Crippen molar-refractivity contribution in [2.75, 3.05) is 19.6 Å². The molecule has 0 spiro atoms. The normalized spacial score (nSPS) is 12.5. The van der Waals surface area contributed by atoms with Crippen molar-refractivity contribution in [3.63, 3.8) is 0 Å². The lowest BCUT2D eigenvalue weighted by molar-refractivity contribution is 0.0755. The minimum absolute atomic E-state index is 0.0209. The molecule has 2 atom stereocenters. The Balaban J connectivity index is 1.80. The SMILES string of the molecule is CCCN(CCC)C(=O)c1cc(C)nc(C(=O)N[C@@H](Cc2cc(F)cc(F)c2)[C@H](O)CNCc2cccc(CC)c2)c1. The van der Waals surface area contributed by atoms with E-state index in [1.54, 1.807) is 17.9 Å². The van der Waals surface area contributed by atoms with Gasteiger partial charge in [0.1, 0.15) is 17.3 Å². The van der Waals surface area contributed by atoms with E-state index in [1.807, 2.05) is 32.0 Å². The van der Waals surface area contributed by atoms with Gasteiger partial charge in [-0.05, 0) is 73.6 Å². The molecule has 7 nitrogen and oxygen atoms in total. The minimum atomic E-state index is -1.09. The summed E-state index contributed by atoms with van der Waals surface area (Å²) in [4.78, 5) is 32.7. The number of halogens is 2. The number of nitrogens with zero attached hydrogens (tertiary/aromatic N) is 2. The van der Waals surface area contributed by atoms with Gasteiger partial charge in [0.15, 0.2) is 0 Å². The fraction of sp³-hybridized carbons (Fsp3) is 0.424. The van der Waals surface area contributed by atoms with E-state index in [9.17, 15) is 23.5 Å². The van der Waals surface area contributed by atoms with E-state index in [1.165, 1.54) is 23.8 Å². The number of carbonyl (C=O) groups is 2. The fourth-order valence-electron chi connectivity index (χ4n) is 4.92. The largest absolute Gasteiger partial charge is 0.390 e. The monoisotopic (exact) mass is 580 g/mol. The summed E-state index contributed by atoms with van der Waals surface area (Å²) in [5.74, 6) is -2.26. The summed E-state index contributed by atoms with van der Waals surface area (Å²) < 4.78 is 27.9. The second-order valence-corrected chi connectivity index (χ2v) is 10.6. The van der Waals surface area contributed by atoms with Crippen LogP contribution in [-0.4, -0.2) is 58.6 Å². The quantitative estimate of drug-likeness (QED) is 0.236. The Bertz CT molecular complexity index is 1320. The van der Waals surface area contributed by atoms with Crippen LogP contribution in [0.5, 0.6) is 0 Å². The molecule has 0 aliphatic carbocycles. The first-order valence-electron chi connectivity index (χ1n) is 14.6. The van der Waals surface area contributed by atoms with Crippen LogP contribution in [0.4, 0.5) is 8.78 Å². The lowest BCUT2D eigenvalue weighted by Crippen LogP contribution is -2.49. The molecular formula is C33H42F2N4O3. The Morgan fingerprint density at radius 2 is 1.60 bits per heavy atom. The Kier molecular flexibility index (Phi) is 12.6. The van der Waals surface area contributed by atoms with Crippen molar-refractivity contribution >= 4 is 11.8 Å². The summed E-state index contributed by atoms with van der Waals surface area (Å²) in [5.41, 5.74) is 3.42. The van der Waals surface area contributed by atoms with Gasteiger partial charge in [0.2, 0.25) is 0 Å². The molecule has 0 saturated carbocycles. The third-order valence-electron chi connectivity index (χ3n) is 6.95. The zero-order chi connectivity index (χ0) is 30.6. The van der Waals surface area contributed by atoms with Crippen LogP contribution >= 0.6 is 0 Å². The van der Waals surface area contributed by atoms with Gasteiger partial charge in [-0.3, -0.25) is 9.59 Å². The van der Waals surface area contributed by atoms with Crippen LogP contribution < -0.4 is 10.6 Å². The first-order valence-corrected chi connectivity index (χ1v) is 14.6. The Morgan fingerprint density at radius 3 is 2.24 bits per heavy atom. The number of carbonyl (C=O) groups excluding carboxylic acids is 2. The van der Waals surface area contributed by atoms with E-state index in [4.69, 9.17) is 0 Å². The fourth-order valence-corrected chi connectivity index (χ4v) is 4.92. The van der Waals surface area contributed by atoms with Gasteiger partial charge in [-0.25, -0.2) is 13.8 Å². The number of nitrogens with one attached hydrogen (secondary N) is 2. The van der Waals surface area contributed by atoms with Gasteiger partial charge in [-0.2, -0.15) is 0 Å². The number of hydrogen-bond donors (Lipinski definition) is 3. The first-order chi connectivity index (χ1) is 20.1. The van der Waals surface area contributed by atoms with Gasteiger partial charge in [-0.1, -0.05) is 45.0 Å². The van der Waals surface area contributed by atoms with Crippen molar-refractivity contribution in [2.24, 2.45) is 0 Å². The maximum absolute atomic E-state index is 14.0. The Morgan fingerprint density at radius 1 is 0.929 bits per heavy atom. The third-order valence-corrected chi connectivity index (χ3v) is 6.95. The van der Waals surface area contributed by atoms with Gasteiger partial charge in [0, 0.05) is 43.5 Å². The van der Waals surface area contributed by atoms with E-state index in [-0.39, 0.29) is 30.1 Å². The molecule has 9 heteroatoms. The van der Waals surface area contributed by atoms with E-state index < -0.39 is 29.7 Å². The maximum Gasteiger partial charge on any atom is 0.270 e. The van der Waals surface area contributed by atoms with Crippen molar-refractivity contribution in [2.45, 2.75) is 72.1 Å². The number of benzene rings is 2. The van der Waals surface area contributed by atoms with Gasteiger partial charge in [-0.15, -0.1) is 0 Å². The van der Waals surface area contributed by atoms with Gasteiger partial charge < -0.3 is 20.6 Å². The van der Waals surface area contributed by atoms with Crippen LogP contribution in [0.2, 0.25) is 0 Å². The predicted octanol–water partition coefficient (Wildman–Crippen LogP) is 4.98. The zero-order valence-corrected chi connectivity index (χ0v) is 24.9. The highest BCUT2D eigenvalue weighted by Gasteiger charge is 2.25. The molecule has 226 valence electrons. The second-order valence-electron chi connectivity index (χ2n) is 10.6. The van der Waals surface area contributed by atoms with Crippen molar-refractivity contribution in [3.8, 4) is 0 Å². The molecule has 0 bridgehead atoms. The first kappa shape index (κ1) is 32.8. The number of rotatable bonds is 15. The molecule has 1 aromatic heterocycles. The van der Waals surface area contributed by atoms with Crippen LogP contribution in [-0.2, 0) is 19.4 Å². The van der Waals surface area contributed by atoms with Crippen molar-refractivity contribution in [1.29, 1.82) is 0 Å². The number of amides is 2. The van der Waals surface area contributed by atoms with E-state index in [0.29, 0.717) is 30.9 Å². The second kappa shape index (κ2) is 16.1. The summed E-state index contributed by atoms with van der Waals surface area (Å²) in [5, 5.41) is 17.1. The molecule has 0 aliphatic heterocycles. The molecule has 0 aliphatic rings. The molecule has 2 amide bonds. The van der Waals surface area contributed by atoms with Gasteiger partial charge in [0.25, 0.3) is 11.8 Å². The summed E-state index contributed by atoms with van der Waals surface area (Å²) >= 11 is 0. The summed E-state index contributed by atoms with van der Waals surface area (Å²) in [6.45, 7) is 9.60. The van der Waals surface area contributed by atoms with Crippen LogP contribution in [0, 0.1) is 18.6 Å². The molecule has 0 radical (unpaired) electrons. The standard InChI is InChI=1S/C33H42F2N4O3/c1-5-11-39(12-6-2)33(42)26-13-22(4)37-30(18-26)32(41)38-29(17-25-15-27(34)19-28(35)16-25)31(40)21-36-20-24-10-8-9-23(7-3)14-24/h8-10,13-16,18-19,29,31,36,40H,5-7,11-12,17,20-21H2,1-4H3,(H,38,41)/t29-,31+/m0/s1. The Hall–Kier alpha value is -3.69. The predicted molar refractivity (Wildman–Crippen MR) is 160 cm³/mol. The number of aryl methyl sites for hydroxylation is 2. The van der Waals surface area contributed by atoms with Crippen LogP contribution in [0.25, 0.3) is 0 Å². The smallest absolute Gasteiger partial charge is 0.270 e. The average Bonchev–Trinajstić information content (AvgIpc) is 2.95. The topological polar surface area (TPSA) is 94.6 Å². The van der Waals surface area contributed by atoms with Gasteiger partial charge >= 0.3 is 0 Å². The van der Waals surface area contributed by atoms with Gasteiger partial charge in [0.05, 0.1) is 12.1 Å². The number of aliphatic hydroxyl groups is 1. The van der Waals surface area contributed by atoms with Crippen LogP contribution in [0.15, 0.2) is 54.6 Å². The third kappa shape index (κ3) is 9.70. The van der Waals surface area contributed by atoms with Crippen molar-refractivity contribution in [3.05, 3.63) is 99.9 Å². The molecule has 42 heavy (non-hydrogen) atoms. The summed E-state index contributed by atoms with van der Waals surface area (Å²) in [6, 6.07) is 13.4. The number of aromatic nitrogens is 1. The van der Waals surface area contributed by atoms with Crippen molar-refractivity contribution in [1.82, 2.24) is 20.5 Å². The molecule has 1 heterocycles. The Labute approximate surface area is 247 Å². The number of aliphatic hydroxyl groups excluding tert-OH is 1. The highest BCUT2D eigenvalue weighted by atomic mass is 19.1. The molecule has 0 saturated heterocycles. The molecule has 0 fully saturated rings.